The number of imidazole rings is 1. The van der Waals surface area contributed by atoms with Gasteiger partial charge in [0.1, 0.15) is 11.6 Å². The molecule has 3 rings (SSSR count). The normalized spacial score (nSPS) is 19.9. The molecule has 1 unspecified atom stereocenters. The number of aromatic nitrogens is 2. The van der Waals surface area contributed by atoms with Crippen molar-refractivity contribution in [1.29, 1.82) is 0 Å². The molecule has 1 aromatic heterocycles. The van der Waals surface area contributed by atoms with E-state index in [1.54, 1.807) is 6.07 Å². The monoisotopic (exact) mass is 241 g/mol. The second-order valence-electron chi connectivity index (χ2n) is 3.93. The highest BCUT2D eigenvalue weighted by atomic mass is 35.5. The van der Waals surface area contributed by atoms with Crippen molar-refractivity contribution in [3.8, 4) is 0 Å². The minimum absolute atomic E-state index is 0. The third kappa shape index (κ3) is 1.90. The van der Waals surface area contributed by atoms with E-state index in [-0.39, 0.29) is 18.2 Å². The SMILES string of the molecule is Cl.Fc1ccc2nc(C3CCCN3)[nH]c2c1. The summed E-state index contributed by atoms with van der Waals surface area (Å²) < 4.78 is 13.0. The summed E-state index contributed by atoms with van der Waals surface area (Å²) in [6, 6.07) is 4.94. The van der Waals surface area contributed by atoms with Gasteiger partial charge in [0.2, 0.25) is 0 Å². The van der Waals surface area contributed by atoms with Gasteiger partial charge in [0.15, 0.2) is 0 Å². The van der Waals surface area contributed by atoms with Crippen LogP contribution in [0.4, 0.5) is 4.39 Å². The minimum Gasteiger partial charge on any atom is -0.341 e. The van der Waals surface area contributed by atoms with Crippen molar-refractivity contribution in [3.05, 3.63) is 29.8 Å². The molecule has 0 spiro atoms. The molecule has 3 nitrogen and oxygen atoms in total. The van der Waals surface area contributed by atoms with Crippen molar-refractivity contribution >= 4 is 23.4 Å². The van der Waals surface area contributed by atoms with E-state index in [2.05, 4.69) is 15.3 Å². The van der Waals surface area contributed by atoms with Crippen molar-refractivity contribution < 1.29 is 4.39 Å². The van der Waals surface area contributed by atoms with Crippen LogP contribution in [-0.4, -0.2) is 16.5 Å². The summed E-state index contributed by atoms with van der Waals surface area (Å²) in [5.74, 6) is 0.699. The number of benzene rings is 1. The van der Waals surface area contributed by atoms with Gasteiger partial charge in [-0.2, -0.15) is 0 Å². The van der Waals surface area contributed by atoms with Crippen LogP contribution < -0.4 is 5.32 Å². The van der Waals surface area contributed by atoms with Crippen LogP contribution in [0.3, 0.4) is 0 Å². The summed E-state index contributed by atoms with van der Waals surface area (Å²) in [7, 11) is 0. The van der Waals surface area contributed by atoms with Gasteiger partial charge in [-0.1, -0.05) is 0 Å². The smallest absolute Gasteiger partial charge is 0.125 e. The summed E-state index contributed by atoms with van der Waals surface area (Å²) >= 11 is 0. The first-order valence-electron chi connectivity index (χ1n) is 5.21. The number of aromatic amines is 1. The summed E-state index contributed by atoms with van der Waals surface area (Å²) in [5, 5.41) is 3.36. The van der Waals surface area contributed by atoms with E-state index in [4.69, 9.17) is 0 Å². The Kier molecular flexibility index (Phi) is 3.12. The molecule has 2 heterocycles. The number of halogens is 2. The lowest BCUT2D eigenvalue weighted by molar-refractivity contribution is 0.614. The quantitative estimate of drug-likeness (QED) is 0.806. The molecular formula is C11H13ClFN3. The van der Waals surface area contributed by atoms with Crippen LogP contribution in [0.2, 0.25) is 0 Å². The van der Waals surface area contributed by atoms with Gasteiger partial charge >= 0.3 is 0 Å². The maximum atomic E-state index is 13.0. The molecule has 0 bridgehead atoms. The zero-order valence-corrected chi connectivity index (χ0v) is 9.48. The van der Waals surface area contributed by atoms with Crippen LogP contribution in [0, 0.1) is 5.82 Å². The van der Waals surface area contributed by atoms with Gasteiger partial charge in [-0.05, 0) is 37.6 Å². The lowest BCUT2D eigenvalue weighted by Gasteiger charge is -2.04. The third-order valence-corrected chi connectivity index (χ3v) is 2.85. The van der Waals surface area contributed by atoms with Gasteiger partial charge in [-0.3, -0.25) is 0 Å². The van der Waals surface area contributed by atoms with Gasteiger partial charge < -0.3 is 10.3 Å². The molecule has 1 aliphatic rings. The molecule has 1 aromatic carbocycles. The van der Waals surface area contributed by atoms with E-state index in [9.17, 15) is 4.39 Å². The maximum absolute atomic E-state index is 13.0. The molecule has 0 aliphatic carbocycles. The highest BCUT2D eigenvalue weighted by molar-refractivity contribution is 5.85. The first-order valence-corrected chi connectivity index (χ1v) is 5.21. The first kappa shape index (κ1) is 11.4. The summed E-state index contributed by atoms with van der Waals surface area (Å²) in [5.41, 5.74) is 1.61. The third-order valence-electron chi connectivity index (χ3n) is 2.85. The Hall–Kier alpha value is -1.13. The average Bonchev–Trinajstić information content (AvgIpc) is 2.84. The summed E-state index contributed by atoms with van der Waals surface area (Å²) in [6.07, 6.45) is 2.28. The predicted molar refractivity (Wildman–Crippen MR) is 63.3 cm³/mol. The minimum atomic E-state index is -0.225. The molecule has 5 heteroatoms. The van der Waals surface area contributed by atoms with Crippen molar-refractivity contribution in [3.63, 3.8) is 0 Å². The average molecular weight is 242 g/mol. The van der Waals surface area contributed by atoms with Crippen LogP contribution in [-0.2, 0) is 0 Å². The number of hydrogen-bond acceptors (Lipinski definition) is 2. The molecule has 86 valence electrons. The molecule has 1 saturated heterocycles. The fourth-order valence-electron chi connectivity index (χ4n) is 2.08. The first-order chi connectivity index (χ1) is 7.33. The Balaban J connectivity index is 0.000000963. The van der Waals surface area contributed by atoms with Gasteiger partial charge in [-0.25, -0.2) is 9.37 Å². The number of H-pyrrole nitrogens is 1. The van der Waals surface area contributed by atoms with Crippen molar-refractivity contribution in [2.75, 3.05) is 6.54 Å². The van der Waals surface area contributed by atoms with Gasteiger partial charge in [0, 0.05) is 0 Å². The van der Waals surface area contributed by atoms with Gasteiger partial charge in [0.25, 0.3) is 0 Å². The molecule has 16 heavy (non-hydrogen) atoms. The molecule has 2 N–H and O–H groups in total. The zero-order valence-electron chi connectivity index (χ0n) is 8.66. The molecule has 0 radical (unpaired) electrons. The fraction of sp³-hybridized carbons (Fsp3) is 0.364. The van der Waals surface area contributed by atoms with E-state index in [1.807, 2.05) is 0 Å². The largest absolute Gasteiger partial charge is 0.341 e. The maximum Gasteiger partial charge on any atom is 0.125 e. The molecule has 0 saturated carbocycles. The van der Waals surface area contributed by atoms with Gasteiger partial charge in [0.05, 0.1) is 17.1 Å². The number of nitrogens with zero attached hydrogens (tertiary/aromatic N) is 1. The lowest BCUT2D eigenvalue weighted by Crippen LogP contribution is -2.13. The topological polar surface area (TPSA) is 40.7 Å². The Morgan fingerprint density at radius 1 is 1.38 bits per heavy atom. The predicted octanol–water partition coefficient (Wildman–Crippen LogP) is 2.55. The summed E-state index contributed by atoms with van der Waals surface area (Å²) in [6.45, 7) is 1.04. The van der Waals surface area contributed by atoms with Crippen LogP contribution in [0.1, 0.15) is 24.7 Å². The number of fused-ring (bicyclic) bond motifs is 1. The second-order valence-corrected chi connectivity index (χ2v) is 3.93. The van der Waals surface area contributed by atoms with Crippen LogP contribution in [0.15, 0.2) is 18.2 Å². The fourth-order valence-corrected chi connectivity index (χ4v) is 2.08. The molecule has 1 fully saturated rings. The van der Waals surface area contributed by atoms with E-state index >= 15 is 0 Å². The summed E-state index contributed by atoms with van der Waals surface area (Å²) in [4.78, 5) is 7.62. The van der Waals surface area contributed by atoms with Crippen molar-refractivity contribution in [1.82, 2.24) is 15.3 Å². The van der Waals surface area contributed by atoms with Crippen LogP contribution in [0.25, 0.3) is 11.0 Å². The number of rotatable bonds is 1. The second kappa shape index (κ2) is 4.39. The Labute approximate surface area is 98.9 Å². The number of nitrogens with one attached hydrogen (secondary N) is 2. The molecule has 2 aromatic rings. The standard InChI is InChI=1S/C11H12FN3.ClH/c12-7-3-4-8-10(6-7)15-11(14-8)9-2-1-5-13-9;/h3-4,6,9,13H,1-2,5H2,(H,14,15);1H. The number of hydrogen-bond donors (Lipinski definition) is 2. The van der Waals surface area contributed by atoms with E-state index in [1.165, 1.54) is 18.6 Å². The Morgan fingerprint density at radius 2 is 2.25 bits per heavy atom. The molecule has 1 aliphatic heterocycles. The van der Waals surface area contributed by atoms with E-state index in [0.717, 1.165) is 29.8 Å². The molecular weight excluding hydrogens is 229 g/mol. The molecule has 0 amide bonds. The van der Waals surface area contributed by atoms with Crippen molar-refractivity contribution in [2.45, 2.75) is 18.9 Å². The van der Waals surface area contributed by atoms with Crippen LogP contribution >= 0.6 is 12.4 Å². The highest BCUT2D eigenvalue weighted by Gasteiger charge is 2.19. The Bertz CT molecular complexity index is 491. The van der Waals surface area contributed by atoms with E-state index < -0.39 is 0 Å². The zero-order chi connectivity index (χ0) is 10.3. The Morgan fingerprint density at radius 3 is 3.00 bits per heavy atom. The van der Waals surface area contributed by atoms with E-state index in [0.29, 0.717) is 6.04 Å². The van der Waals surface area contributed by atoms with Gasteiger partial charge in [-0.15, -0.1) is 12.4 Å². The molecule has 1 atom stereocenters. The lowest BCUT2D eigenvalue weighted by atomic mass is 10.2. The highest BCUT2D eigenvalue weighted by Crippen LogP contribution is 2.23. The van der Waals surface area contributed by atoms with Crippen LogP contribution in [0.5, 0.6) is 0 Å². The van der Waals surface area contributed by atoms with Crippen molar-refractivity contribution in [2.24, 2.45) is 0 Å².